The van der Waals surface area contributed by atoms with Crippen LogP contribution in [-0.2, 0) is 6.54 Å². The largest absolute Gasteiger partial charge is 0.444 e. The van der Waals surface area contributed by atoms with Crippen molar-refractivity contribution in [2.75, 3.05) is 0 Å². The first kappa shape index (κ1) is 10.6. The van der Waals surface area contributed by atoms with Crippen molar-refractivity contribution in [3.8, 4) is 0 Å². The molecule has 0 saturated carbocycles. The molecule has 0 spiro atoms. The van der Waals surface area contributed by atoms with Crippen molar-refractivity contribution in [3.05, 3.63) is 17.8 Å². The summed E-state index contributed by atoms with van der Waals surface area (Å²) in [5.41, 5.74) is 5.60. The van der Waals surface area contributed by atoms with Gasteiger partial charge in [0.15, 0.2) is 5.96 Å². The second kappa shape index (κ2) is 4.64. The molecule has 0 aliphatic rings. The van der Waals surface area contributed by atoms with Crippen molar-refractivity contribution in [1.29, 1.82) is 0 Å². The van der Waals surface area contributed by atoms with Crippen molar-refractivity contribution >= 4 is 5.96 Å². The SMILES string of the molecule is Cc1cnc(CN=C(N)NC(C)C)o1. The van der Waals surface area contributed by atoms with E-state index in [1.54, 1.807) is 6.20 Å². The number of nitrogens with zero attached hydrogens (tertiary/aromatic N) is 2. The Kier molecular flexibility index (Phi) is 3.50. The van der Waals surface area contributed by atoms with E-state index in [9.17, 15) is 0 Å². The molecule has 0 radical (unpaired) electrons. The highest BCUT2D eigenvalue weighted by Gasteiger charge is 1.99. The molecule has 0 aromatic carbocycles. The molecule has 14 heavy (non-hydrogen) atoms. The summed E-state index contributed by atoms with van der Waals surface area (Å²) < 4.78 is 5.24. The molecule has 0 amide bonds. The molecular formula is C9H16N4O. The van der Waals surface area contributed by atoms with Crippen LogP contribution in [0.1, 0.15) is 25.5 Å². The van der Waals surface area contributed by atoms with Crippen LogP contribution in [0.5, 0.6) is 0 Å². The highest BCUT2D eigenvalue weighted by atomic mass is 16.4. The van der Waals surface area contributed by atoms with Gasteiger partial charge in [0, 0.05) is 6.04 Å². The number of nitrogens with one attached hydrogen (secondary N) is 1. The summed E-state index contributed by atoms with van der Waals surface area (Å²) in [7, 11) is 0. The first-order chi connectivity index (χ1) is 6.58. The van der Waals surface area contributed by atoms with Gasteiger partial charge in [-0.05, 0) is 20.8 Å². The van der Waals surface area contributed by atoms with E-state index in [4.69, 9.17) is 10.2 Å². The Hall–Kier alpha value is -1.52. The minimum absolute atomic E-state index is 0.282. The maximum atomic E-state index is 5.60. The van der Waals surface area contributed by atoms with E-state index in [2.05, 4.69) is 15.3 Å². The van der Waals surface area contributed by atoms with Gasteiger partial charge in [-0.15, -0.1) is 0 Å². The molecule has 0 atom stereocenters. The highest BCUT2D eigenvalue weighted by Crippen LogP contribution is 2.02. The van der Waals surface area contributed by atoms with E-state index in [0.717, 1.165) is 5.76 Å². The average Bonchev–Trinajstić information content (AvgIpc) is 2.47. The van der Waals surface area contributed by atoms with Crippen molar-refractivity contribution in [2.24, 2.45) is 10.7 Å². The predicted molar refractivity (Wildman–Crippen MR) is 54.8 cm³/mol. The minimum atomic E-state index is 0.282. The number of aromatic nitrogens is 1. The fourth-order valence-electron chi connectivity index (χ4n) is 0.969. The fourth-order valence-corrected chi connectivity index (χ4v) is 0.969. The summed E-state index contributed by atoms with van der Waals surface area (Å²) in [5, 5.41) is 2.98. The Labute approximate surface area is 83.4 Å². The number of hydrogen-bond acceptors (Lipinski definition) is 3. The Balaban J connectivity index is 2.46. The Morgan fingerprint density at radius 3 is 2.93 bits per heavy atom. The van der Waals surface area contributed by atoms with Crippen LogP contribution in [-0.4, -0.2) is 17.0 Å². The molecule has 1 rings (SSSR count). The number of aryl methyl sites for hydroxylation is 1. The number of rotatable bonds is 3. The summed E-state index contributed by atoms with van der Waals surface area (Å²) in [5.74, 6) is 1.78. The Bertz CT molecular complexity index is 316. The molecule has 1 aromatic heterocycles. The molecule has 78 valence electrons. The van der Waals surface area contributed by atoms with Crippen LogP contribution in [0.25, 0.3) is 0 Å². The van der Waals surface area contributed by atoms with Crippen molar-refractivity contribution < 1.29 is 4.42 Å². The second-order valence-corrected chi connectivity index (χ2v) is 3.37. The van der Waals surface area contributed by atoms with Gasteiger partial charge in [-0.1, -0.05) is 0 Å². The second-order valence-electron chi connectivity index (χ2n) is 3.37. The van der Waals surface area contributed by atoms with Gasteiger partial charge < -0.3 is 15.5 Å². The molecule has 0 saturated heterocycles. The molecule has 1 heterocycles. The zero-order valence-corrected chi connectivity index (χ0v) is 8.74. The molecule has 5 nitrogen and oxygen atoms in total. The monoisotopic (exact) mass is 196 g/mol. The van der Waals surface area contributed by atoms with Gasteiger partial charge in [-0.25, -0.2) is 9.98 Å². The number of oxazole rings is 1. The summed E-state index contributed by atoms with van der Waals surface area (Å²) >= 11 is 0. The number of aliphatic imine (C=N–C) groups is 1. The summed E-state index contributed by atoms with van der Waals surface area (Å²) in [4.78, 5) is 8.08. The summed E-state index contributed by atoms with van der Waals surface area (Å²) in [6, 6.07) is 0.282. The van der Waals surface area contributed by atoms with E-state index < -0.39 is 0 Å². The van der Waals surface area contributed by atoms with Gasteiger partial charge >= 0.3 is 0 Å². The normalized spacial score (nSPS) is 12.1. The van der Waals surface area contributed by atoms with Crippen LogP contribution in [0.2, 0.25) is 0 Å². The lowest BCUT2D eigenvalue weighted by Gasteiger charge is -2.07. The zero-order chi connectivity index (χ0) is 10.6. The quantitative estimate of drug-likeness (QED) is 0.553. The molecule has 5 heteroatoms. The fraction of sp³-hybridized carbons (Fsp3) is 0.556. The third kappa shape index (κ3) is 3.47. The van der Waals surface area contributed by atoms with Gasteiger partial charge in [0.05, 0.1) is 6.20 Å². The molecule has 0 unspecified atom stereocenters. The van der Waals surface area contributed by atoms with E-state index in [1.807, 2.05) is 20.8 Å². The maximum absolute atomic E-state index is 5.60. The third-order valence-corrected chi connectivity index (χ3v) is 1.49. The molecule has 0 fully saturated rings. The smallest absolute Gasteiger partial charge is 0.216 e. The lowest BCUT2D eigenvalue weighted by atomic mass is 10.4. The molecular weight excluding hydrogens is 180 g/mol. The molecule has 0 aliphatic carbocycles. The lowest BCUT2D eigenvalue weighted by Crippen LogP contribution is -2.36. The molecule has 0 bridgehead atoms. The third-order valence-electron chi connectivity index (χ3n) is 1.49. The summed E-state index contributed by atoms with van der Waals surface area (Å²) in [6.07, 6.45) is 1.66. The van der Waals surface area contributed by atoms with E-state index in [0.29, 0.717) is 18.4 Å². The number of guanidine groups is 1. The van der Waals surface area contributed by atoms with E-state index in [1.165, 1.54) is 0 Å². The van der Waals surface area contributed by atoms with Crippen LogP contribution in [0, 0.1) is 6.92 Å². The zero-order valence-electron chi connectivity index (χ0n) is 8.74. The van der Waals surface area contributed by atoms with Crippen LogP contribution < -0.4 is 11.1 Å². The average molecular weight is 196 g/mol. The van der Waals surface area contributed by atoms with Gasteiger partial charge in [0.1, 0.15) is 12.3 Å². The van der Waals surface area contributed by atoms with Crippen LogP contribution >= 0.6 is 0 Å². The molecule has 0 aliphatic heterocycles. The van der Waals surface area contributed by atoms with Crippen molar-refractivity contribution in [1.82, 2.24) is 10.3 Å². The lowest BCUT2D eigenvalue weighted by molar-refractivity contribution is 0.473. The summed E-state index contributed by atoms with van der Waals surface area (Å²) in [6.45, 7) is 6.21. The van der Waals surface area contributed by atoms with Gasteiger partial charge in [0.25, 0.3) is 0 Å². The van der Waals surface area contributed by atoms with Crippen LogP contribution in [0.3, 0.4) is 0 Å². The standard InChI is InChI=1S/C9H16N4O/c1-6(2)13-9(10)12-5-8-11-4-7(3)14-8/h4,6H,5H2,1-3H3,(H3,10,12,13). The highest BCUT2D eigenvalue weighted by molar-refractivity contribution is 5.77. The first-order valence-electron chi connectivity index (χ1n) is 4.55. The van der Waals surface area contributed by atoms with E-state index in [-0.39, 0.29) is 6.04 Å². The number of nitrogens with two attached hydrogens (primary N) is 1. The molecule has 3 N–H and O–H groups in total. The minimum Gasteiger partial charge on any atom is -0.444 e. The number of hydrogen-bond donors (Lipinski definition) is 2. The Morgan fingerprint density at radius 1 is 1.71 bits per heavy atom. The topological polar surface area (TPSA) is 76.4 Å². The van der Waals surface area contributed by atoms with Gasteiger partial charge in [0.2, 0.25) is 5.89 Å². The van der Waals surface area contributed by atoms with Crippen LogP contribution in [0.15, 0.2) is 15.6 Å². The van der Waals surface area contributed by atoms with Gasteiger partial charge in [-0.2, -0.15) is 0 Å². The Morgan fingerprint density at radius 2 is 2.43 bits per heavy atom. The van der Waals surface area contributed by atoms with Gasteiger partial charge in [-0.3, -0.25) is 0 Å². The van der Waals surface area contributed by atoms with Crippen molar-refractivity contribution in [2.45, 2.75) is 33.4 Å². The van der Waals surface area contributed by atoms with E-state index >= 15 is 0 Å². The first-order valence-corrected chi connectivity index (χ1v) is 4.55. The van der Waals surface area contributed by atoms with Crippen molar-refractivity contribution in [3.63, 3.8) is 0 Å². The molecule has 1 aromatic rings. The maximum Gasteiger partial charge on any atom is 0.216 e. The predicted octanol–water partition coefficient (Wildman–Crippen LogP) is 0.796. The van der Waals surface area contributed by atoms with Crippen LogP contribution in [0.4, 0.5) is 0 Å².